The Morgan fingerprint density at radius 3 is 1.85 bits per heavy atom. The van der Waals surface area contributed by atoms with Crippen molar-refractivity contribution in [2.24, 2.45) is 0 Å². The summed E-state index contributed by atoms with van der Waals surface area (Å²) >= 11 is 0. The summed E-state index contributed by atoms with van der Waals surface area (Å²) in [6, 6.07) is 52.7. The molecular formula is C40H24O. The molecule has 0 N–H and O–H groups in total. The summed E-state index contributed by atoms with van der Waals surface area (Å²) in [7, 11) is 0. The Morgan fingerprint density at radius 2 is 0.976 bits per heavy atom. The second-order valence-electron chi connectivity index (χ2n) is 10.9. The lowest BCUT2D eigenvalue weighted by atomic mass is 9.88. The van der Waals surface area contributed by atoms with Crippen molar-refractivity contribution in [3.8, 4) is 44.9 Å². The normalized spacial score (nSPS) is 12.1. The molecule has 0 radical (unpaired) electrons. The third-order valence-corrected chi connectivity index (χ3v) is 8.61. The highest BCUT2D eigenvalue weighted by Crippen LogP contribution is 2.48. The van der Waals surface area contributed by atoms with Crippen LogP contribution < -0.4 is 4.74 Å². The number of hydrogen-bond donors (Lipinski definition) is 0. The van der Waals surface area contributed by atoms with Crippen LogP contribution in [0.15, 0.2) is 146 Å². The maximum absolute atomic E-state index is 6.36. The zero-order valence-corrected chi connectivity index (χ0v) is 22.3. The Kier molecular flexibility index (Phi) is 4.67. The average Bonchev–Trinajstić information content (AvgIpc) is 3.04. The van der Waals surface area contributed by atoms with Gasteiger partial charge in [0, 0.05) is 10.9 Å². The molecule has 9 rings (SSSR count). The zero-order chi connectivity index (χ0) is 26.9. The van der Waals surface area contributed by atoms with E-state index in [9.17, 15) is 0 Å². The topological polar surface area (TPSA) is 9.23 Å². The van der Waals surface area contributed by atoms with Crippen LogP contribution in [0.5, 0.6) is 11.5 Å². The summed E-state index contributed by atoms with van der Waals surface area (Å²) < 4.78 is 6.36. The first-order valence-electron chi connectivity index (χ1n) is 14.1. The summed E-state index contributed by atoms with van der Waals surface area (Å²) in [5, 5.41) is 10.0. The third-order valence-electron chi connectivity index (χ3n) is 8.61. The molecule has 0 saturated heterocycles. The highest BCUT2D eigenvalue weighted by atomic mass is 16.5. The molecule has 0 aliphatic carbocycles. The van der Waals surface area contributed by atoms with Crippen molar-refractivity contribution in [3.63, 3.8) is 0 Å². The van der Waals surface area contributed by atoms with Gasteiger partial charge < -0.3 is 4.74 Å². The molecule has 0 atom stereocenters. The predicted octanol–water partition coefficient (Wildman–Crippen LogP) is 11.4. The van der Waals surface area contributed by atoms with Crippen molar-refractivity contribution in [3.05, 3.63) is 146 Å². The van der Waals surface area contributed by atoms with E-state index in [1.165, 1.54) is 70.9 Å². The minimum Gasteiger partial charge on any atom is -0.456 e. The summed E-state index contributed by atoms with van der Waals surface area (Å²) in [5.41, 5.74) is 7.26. The van der Waals surface area contributed by atoms with Crippen LogP contribution in [0.3, 0.4) is 0 Å². The Hall–Kier alpha value is -5.40. The van der Waals surface area contributed by atoms with Crippen molar-refractivity contribution in [1.82, 2.24) is 0 Å². The number of rotatable bonds is 2. The summed E-state index contributed by atoms with van der Waals surface area (Å²) in [4.78, 5) is 0. The molecule has 8 aromatic rings. The first-order chi connectivity index (χ1) is 20.3. The molecule has 0 spiro atoms. The van der Waals surface area contributed by atoms with Gasteiger partial charge in [-0.15, -0.1) is 0 Å². The van der Waals surface area contributed by atoms with Gasteiger partial charge in [0.2, 0.25) is 0 Å². The van der Waals surface area contributed by atoms with Gasteiger partial charge in [-0.25, -0.2) is 0 Å². The third kappa shape index (κ3) is 3.36. The molecule has 0 aromatic heterocycles. The van der Waals surface area contributed by atoms with Crippen LogP contribution in [0.25, 0.3) is 76.5 Å². The lowest BCUT2D eigenvalue weighted by Gasteiger charge is -2.22. The molecule has 1 aliphatic heterocycles. The summed E-state index contributed by atoms with van der Waals surface area (Å²) in [6.45, 7) is 0. The molecule has 1 heterocycles. The van der Waals surface area contributed by atoms with Crippen molar-refractivity contribution in [2.45, 2.75) is 0 Å². The van der Waals surface area contributed by atoms with E-state index < -0.39 is 0 Å². The Labute approximate surface area is 237 Å². The van der Waals surface area contributed by atoms with Crippen LogP contribution in [0.4, 0.5) is 0 Å². The Bertz CT molecular complexity index is 2340. The predicted molar refractivity (Wildman–Crippen MR) is 173 cm³/mol. The molecule has 0 fully saturated rings. The number of hydrogen-bond acceptors (Lipinski definition) is 1. The van der Waals surface area contributed by atoms with Crippen LogP contribution in [0, 0.1) is 0 Å². The van der Waals surface area contributed by atoms with Crippen molar-refractivity contribution in [1.29, 1.82) is 0 Å². The van der Waals surface area contributed by atoms with E-state index in [0.29, 0.717) is 0 Å². The molecule has 0 saturated carbocycles. The minimum absolute atomic E-state index is 0.915. The van der Waals surface area contributed by atoms with Crippen molar-refractivity contribution < 1.29 is 4.74 Å². The van der Waals surface area contributed by atoms with Crippen LogP contribution in [0.1, 0.15) is 0 Å². The van der Waals surface area contributed by atoms with Crippen LogP contribution in [-0.4, -0.2) is 0 Å². The zero-order valence-electron chi connectivity index (χ0n) is 22.3. The van der Waals surface area contributed by atoms with Gasteiger partial charge >= 0.3 is 0 Å². The molecule has 190 valence electrons. The second kappa shape index (κ2) is 8.55. The van der Waals surface area contributed by atoms with Crippen LogP contribution in [-0.2, 0) is 0 Å². The number of ether oxygens (including phenoxy) is 1. The van der Waals surface area contributed by atoms with Gasteiger partial charge in [0.05, 0.1) is 0 Å². The fourth-order valence-corrected chi connectivity index (χ4v) is 6.71. The number of benzene rings is 8. The summed E-state index contributed by atoms with van der Waals surface area (Å²) in [5.74, 6) is 1.83. The minimum atomic E-state index is 0.915. The van der Waals surface area contributed by atoms with E-state index >= 15 is 0 Å². The van der Waals surface area contributed by atoms with Crippen LogP contribution in [0.2, 0.25) is 0 Å². The molecule has 0 unspecified atom stereocenters. The number of para-hydroxylation sites is 1. The first kappa shape index (κ1) is 22.4. The van der Waals surface area contributed by atoms with Gasteiger partial charge in [0.15, 0.2) is 0 Å². The molecular weight excluding hydrogens is 496 g/mol. The SMILES string of the molecule is c1cc(-c2ccc3c4c(cccc24)-c2ccccc2O3)cc(-c2cc3ccccc3c3cc4ccccc4cc23)c1. The van der Waals surface area contributed by atoms with Gasteiger partial charge in [-0.3, -0.25) is 0 Å². The van der Waals surface area contributed by atoms with Gasteiger partial charge in [-0.05, 0) is 102 Å². The number of fused-ring (bicyclic) bond motifs is 6. The molecule has 1 aliphatic rings. The van der Waals surface area contributed by atoms with Gasteiger partial charge in [-0.1, -0.05) is 109 Å². The Morgan fingerprint density at radius 1 is 0.317 bits per heavy atom. The largest absolute Gasteiger partial charge is 0.456 e. The molecule has 1 nitrogen and oxygen atoms in total. The maximum Gasteiger partial charge on any atom is 0.135 e. The first-order valence-corrected chi connectivity index (χ1v) is 14.1. The highest BCUT2D eigenvalue weighted by Gasteiger charge is 2.21. The molecule has 1 heteroatoms. The lowest BCUT2D eigenvalue weighted by molar-refractivity contribution is 0.487. The highest BCUT2D eigenvalue weighted by molar-refractivity contribution is 6.18. The van der Waals surface area contributed by atoms with Crippen LogP contribution >= 0.6 is 0 Å². The average molecular weight is 521 g/mol. The van der Waals surface area contributed by atoms with E-state index in [-0.39, 0.29) is 0 Å². The van der Waals surface area contributed by atoms with E-state index in [2.05, 4.69) is 133 Å². The standard InChI is InChI=1S/C40H24O/c1-2-10-26-23-37-35(24-29-11-3-4-14-30(29)36(37)22-25(26)9-1)28-13-7-12-27(21-28)31-19-20-39-40-33(31)16-8-17-34(40)32-15-5-6-18-38(32)41-39/h1-24H. The molecule has 8 aromatic carbocycles. The van der Waals surface area contributed by atoms with Gasteiger partial charge in [0.1, 0.15) is 11.5 Å². The summed E-state index contributed by atoms with van der Waals surface area (Å²) in [6.07, 6.45) is 0. The fraction of sp³-hybridized carbons (Fsp3) is 0. The van der Waals surface area contributed by atoms with E-state index in [0.717, 1.165) is 17.1 Å². The smallest absolute Gasteiger partial charge is 0.135 e. The maximum atomic E-state index is 6.36. The van der Waals surface area contributed by atoms with Gasteiger partial charge in [-0.2, -0.15) is 0 Å². The molecule has 0 amide bonds. The molecule has 0 bridgehead atoms. The lowest BCUT2D eigenvalue weighted by Crippen LogP contribution is -1.97. The fourth-order valence-electron chi connectivity index (χ4n) is 6.71. The van der Waals surface area contributed by atoms with Crippen molar-refractivity contribution >= 4 is 43.1 Å². The van der Waals surface area contributed by atoms with E-state index in [1.54, 1.807) is 0 Å². The van der Waals surface area contributed by atoms with E-state index in [4.69, 9.17) is 4.74 Å². The quantitative estimate of drug-likeness (QED) is 0.163. The van der Waals surface area contributed by atoms with Crippen molar-refractivity contribution in [2.75, 3.05) is 0 Å². The monoisotopic (exact) mass is 520 g/mol. The van der Waals surface area contributed by atoms with Gasteiger partial charge in [0.25, 0.3) is 0 Å². The van der Waals surface area contributed by atoms with E-state index in [1.807, 2.05) is 12.1 Å². The second-order valence-corrected chi connectivity index (χ2v) is 10.9. The Balaban J connectivity index is 1.29. The molecule has 41 heavy (non-hydrogen) atoms.